The van der Waals surface area contributed by atoms with Crippen LogP contribution in [0.5, 0.6) is 0 Å². The molecule has 3 nitrogen and oxygen atoms in total. The van der Waals surface area contributed by atoms with Gasteiger partial charge in [0.2, 0.25) is 0 Å². The summed E-state index contributed by atoms with van der Waals surface area (Å²) in [6, 6.07) is 6.23. The zero-order valence-electron chi connectivity index (χ0n) is 12.4. The summed E-state index contributed by atoms with van der Waals surface area (Å²) in [5.74, 6) is 0. The molecule has 0 unspecified atom stereocenters. The minimum Gasteiger partial charge on any atom is -0.389 e. The van der Waals surface area contributed by atoms with Gasteiger partial charge in [0.15, 0.2) is 0 Å². The Morgan fingerprint density at radius 2 is 2.10 bits per heavy atom. The third-order valence-corrected chi connectivity index (χ3v) is 3.94. The maximum atomic E-state index is 6.19. The Labute approximate surface area is 132 Å². The van der Waals surface area contributed by atoms with E-state index in [4.69, 9.17) is 29.6 Å². The van der Waals surface area contributed by atoms with Crippen molar-refractivity contribution in [2.24, 2.45) is 5.73 Å². The van der Waals surface area contributed by atoms with Crippen LogP contribution in [-0.4, -0.2) is 36.1 Å². The first-order valence-corrected chi connectivity index (χ1v) is 7.74. The first-order valence-electron chi connectivity index (χ1n) is 6.95. The molecular formula is C15H24ClN3S. The van der Waals surface area contributed by atoms with Crippen molar-refractivity contribution < 1.29 is 0 Å². The summed E-state index contributed by atoms with van der Waals surface area (Å²) in [6.07, 6.45) is 2.29. The molecule has 1 aromatic carbocycles. The summed E-state index contributed by atoms with van der Waals surface area (Å²) in [5, 5.41) is 4.01. The number of rotatable bonds is 8. The first kappa shape index (κ1) is 17.2. The number of halogens is 1. The van der Waals surface area contributed by atoms with Gasteiger partial charge in [-0.05, 0) is 58.5 Å². The molecule has 1 rings (SSSR count). The average molecular weight is 314 g/mol. The second kappa shape index (κ2) is 8.45. The van der Waals surface area contributed by atoms with Gasteiger partial charge >= 0.3 is 0 Å². The van der Waals surface area contributed by atoms with Crippen LogP contribution in [-0.2, 0) is 0 Å². The molecule has 0 saturated carbocycles. The minimum atomic E-state index is 0.371. The number of anilines is 1. The van der Waals surface area contributed by atoms with E-state index in [9.17, 15) is 0 Å². The third-order valence-electron chi connectivity index (χ3n) is 3.39. The van der Waals surface area contributed by atoms with Crippen LogP contribution in [0.4, 0.5) is 5.69 Å². The van der Waals surface area contributed by atoms with Crippen molar-refractivity contribution in [3.05, 3.63) is 28.8 Å². The molecule has 3 N–H and O–H groups in total. The topological polar surface area (TPSA) is 41.3 Å². The molecular weight excluding hydrogens is 290 g/mol. The van der Waals surface area contributed by atoms with E-state index in [2.05, 4.69) is 31.1 Å². The van der Waals surface area contributed by atoms with Crippen LogP contribution < -0.4 is 11.1 Å². The molecule has 0 spiro atoms. The number of hydrogen-bond acceptors (Lipinski definition) is 3. The highest BCUT2D eigenvalue weighted by molar-refractivity contribution is 7.80. The SMILES string of the molecule is CC(C)N(C)CCCCNc1ccc(C(N)=S)cc1Cl. The van der Waals surface area contributed by atoms with Crippen molar-refractivity contribution >= 4 is 34.5 Å². The second-order valence-corrected chi connectivity index (χ2v) is 6.11. The molecule has 1 aromatic rings. The number of thiocarbonyl (C=S) groups is 1. The van der Waals surface area contributed by atoms with Gasteiger partial charge in [0.05, 0.1) is 10.7 Å². The van der Waals surface area contributed by atoms with Gasteiger partial charge in [-0.15, -0.1) is 0 Å². The van der Waals surface area contributed by atoms with Crippen LogP contribution >= 0.6 is 23.8 Å². The Balaban J connectivity index is 2.34. The zero-order chi connectivity index (χ0) is 15.1. The van der Waals surface area contributed by atoms with Crippen molar-refractivity contribution in [3.63, 3.8) is 0 Å². The Morgan fingerprint density at radius 1 is 1.40 bits per heavy atom. The monoisotopic (exact) mass is 313 g/mol. The van der Waals surface area contributed by atoms with Crippen LogP contribution in [0.1, 0.15) is 32.3 Å². The van der Waals surface area contributed by atoms with E-state index in [1.165, 1.54) is 6.42 Å². The maximum absolute atomic E-state index is 6.19. The van der Waals surface area contributed by atoms with E-state index in [1.54, 1.807) is 6.07 Å². The van der Waals surface area contributed by atoms with Crippen LogP contribution in [0, 0.1) is 0 Å². The molecule has 5 heteroatoms. The molecule has 0 fully saturated rings. The smallest absolute Gasteiger partial charge is 0.104 e. The van der Waals surface area contributed by atoms with E-state index in [0.717, 1.165) is 30.8 Å². The quantitative estimate of drug-likeness (QED) is 0.569. The summed E-state index contributed by atoms with van der Waals surface area (Å²) in [5.41, 5.74) is 7.31. The highest BCUT2D eigenvalue weighted by atomic mass is 35.5. The molecule has 0 aromatic heterocycles. The number of nitrogens with zero attached hydrogens (tertiary/aromatic N) is 1. The fourth-order valence-electron chi connectivity index (χ4n) is 1.78. The number of nitrogens with two attached hydrogens (primary N) is 1. The minimum absolute atomic E-state index is 0.371. The molecule has 112 valence electrons. The van der Waals surface area contributed by atoms with Gasteiger partial charge in [-0.3, -0.25) is 0 Å². The summed E-state index contributed by atoms with van der Waals surface area (Å²) in [7, 11) is 2.16. The largest absolute Gasteiger partial charge is 0.389 e. The lowest BCUT2D eigenvalue weighted by molar-refractivity contribution is 0.269. The maximum Gasteiger partial charge on any atom is 0.104 e. The fourth-order valence-corrected chi connectivity index (χ4v) is 2.15. The Kier molecular flexibility index (Phi) is 7.27. The van der Waals surface area contributed by atoms with Crippen molar-refractivity contribution in [1.29, 1.82) is 0 Å². The predicted octanol–water partition coefficient (Wildman–Crippen LogP) is 3.51. The molecule has 0 radical (unpaired) electrons. The Morgan fingerprint density at radius 3 is 2.65 bits per heavy atom. The summed E-state index contributed by atoms with van der Waals surface area (Å²) < 4.78 is 0. The highest BCUT2D eigenvalue weighted by Gasteiger charge is 2.04. The molecule has 0 aliphatic rings. The van der Waals surface area contributed by atoms with Crippen LogP contribution in [0.3, 0.4) is 0 Å². The third kappa shape index (κ3) is 5.65. The van der Waals surface area contributed by atoms with E-state index in [-0.39, 0.29) is 0 Å². The molecule has 0 atom stereocenters. The summed E-state index contributed by atoms with van der Waals surface area (Å²) >= 11 is 11.1. The number of unbranched alkanes of at least 4 members (excludes halogenated alkanes) is 1. The standard InChI is InChI=1S/C15H24ClN3S/c1-11(2)19(3)9-5-4-8-18-14-7-6-12(15(17)20)10-13(14)16/h6-7,10-11,18H,4-5,8-9H2,1-3H3,(H2,17,20). The number of benzene rings is 1. The van der Waals surface area contributed by atoms with E-state index in [0.29, 0.717) is 16.1 Å². The Bertz CT molecular complexity index is 449. The van der Waals surface area contributed by atoms with Crippen molar-refractivity contribution in [2.75, 3.05) is 25.5 Å². The van der Waals surface area contributed by atoms with Gasteiger partial charge in [0.1, 0.15) is 4.99 Å². The molecule has 0 bridgehead atoms. The molecule has 0 saturated heterocycles. The Hall–Kier alpha value is -0.840. The van der Waals surface area contributed by atoms with Gasteiger partial charge in [0.25, 0.3) is 0 Å². The fraction of sp³-hybridized carbons (Fsp3) is 0.533. The van der Waals surface area contributed by atoms with Crippen molar-refractivity contribution in [2.45, 2.75) is 32.7 Å². The predicted molar refractivity (Wildman–Crippen MR) is 92.8 cm³/mol. The van der Waals surface area contributed by atoms with Crippen LogP contribution in [0.2, 0.25) is 5.02 Å². The average Bonchev–Trinajstić information content (AvgIpc) is 2.39. The molecule has 0 aliphatic carbocycles. The molecule has 0 aliphatic heterocycles. The molecule has 0 amide bonds. The lowest BCUT2D eigenvalue weighted by atomic mass is 10.2. The van der Waals surface area contributed by atoms with E-state index in [1.807, 2.05) is 12.1 Å². The summed E-state index contributed by atoms with van der Waals surface area (Å²) in [4.78, 5) is 2.72. The summed E-state index contributed by atoms with van der Waals surface area (Å²) in [6.45, 7) is 6.45. The zero-order valence-corrected chi connectivity index (χ0v) is 14.0. The first-order chi connectivity index (χ1) is 9.41. The van der Waals surface area contributed by atoms with Crippen molar-refractivity contribution in [3.8, 4) is 0 Å². The van der Waals surface area contributed by atoms with E-state index >= 15 is 0 Å². The van der Waals surface area contributed by atoms with Gasteiger partial charge in [-0.25, -0.2) is 0 Å². The van der Waals surface area contributed by atoms with Gasteiger partial charge < -0.3 is 16.0 Å². The normalized spacial score (nSPS) is 11.1. The van der Waals surface area contributed by atoms with E-state index < -0.39 is 0 Å². The van der Waals surface area contributed by atoms with Gasteiger partial charge in [-0.2, -0.15) is 0 Å². The van der Waals surface area contributed by atoms with Gasteiger partial charge in [-0.1, -0.05) is 23.8 Å². The number of nitrogens with one attached hydrogen (secondary N) is 1. The number of hydrogen-bond donors (Lipinski definition) is 2. The lowest BCUT2D eigenvalue weighted by Gasteiger charge is -2.20. The van der Waals surface area contributed by atoms with Crippen LogP contribution in [0.15, 0.2) is 18.2 Å². The van der Waals surface area contributed by atoms with Crippen LogP contribution in [0.25, 0.3) is 0 Å². The van der Waals surface area contributed by atoms with Gasteiger partial charge in [0, 0.05) is 18.2 Å². The molecule has 0 heterocycles. The highest BCUT2D eigenvalue weighted by Crippen LogP contribution is 2.23. The lowest BCUT2D eigenvalue weighted by Crippen LogP contribution is -2.27. The van der Waals surface area contributed by atoms with Crippen molar-refractivity contribution in [1.82, 2.24) is 4.90 Å². The second-order valence-electron chi connectivity index (χ2n) is 5.27. The molecule has 20 heavy (non-hydrogen) atoms.